The van der Waals surface area contributed by atoms with Crippen LogP contribution < -0.4 is 5.32 Å². The zero-order valence-corrected chi connectivity index (χ0v) is 9.76. The Bertz CT molecular complexity index is 434. The monoisotopic (exact) mass is 239 g/mol. The van der Waals surface area contributed by atoms with E-state index in [0.717, 1.165) is 17.0 Å². The van der Waals surface area contributed by atoms with E-state index in [1.54, 1.807) is 0 Å². The van der Waals surface area contributed by atoms with Gasteiger partial charge in [-0.2, -0.15) is 0 Å². The zero-order valence-electron chi connectivity index (χ0n) is 8.95. The van der Waals surface area contributed by atoms with Gasteiger partial charge in [0.25, 0.3) is 0 Å². The fraction of sp³-hybridized carbons (Fsp3) is 0.455. The number of aryl methyl sites for hydroxylation is 1. The Morgan fingerprint density at radius 3 is 2.56 bits per heavy atom. The molecule has 0 spiro atoms. The van der Waals surface area contributed by atoms with Crippen molar-refractivity contribution in [2.75, 3.05) is 5.32 Å². The summed E-state index contributed by atoms with van der Waals surface area (Å²) in [5.74, 6) is -1.39. The number of rotatable bonds is 3. The van der Waals surface area contributed by atoms with Gasteiger partial charge in [0.05, 0.1) is 5.00 Å². The van der Waals surface area contributed by atoms with Crippen molar-refractivity contribution in [1.82, 2.24) is 0 Å². The SMILES string of the molecule is Cc1ccsc1NC(=O)C1(C(=O)O)CCC1. The largest absolute Gasteiger partial charge is 0.480 e. The number of carbonyl (C=O) groups is 2. The van der Waals surface area contributed by atoms with E-state index in [1.807, 2.05) is 18.4 Å². The zero-order chi connectivity index (χ0) is 11.8. The molecule has 0 aliphatic heterocycles. The van der Waals surface area contributed by atoms with E-state index in [0.29, 0.717) is 12.8 Å². The number of carboxylic acids is 1. The topological polar surface area (TPSA) is 66.4 Å². The number of amides is 1. The number of carboxylic acid groups (broad SMARTS) is 1. The highest BCUT2D eigenvalue weighted by molar-refractivity contribution is 7.14. The minimum Gasteiger partial charge on any atom is -0.480 e. The smallest absolute Gasteiger partial charge is 0.319 e. The Labute approximate surface area is 97.3 Å². The molecule has 1 saturated carbocycles. The second-order valence-corrected chi connectivity index (χ2v) is 5.04. The van der Waals surface area contributed by atoms with Crippen molar-refractivity contribution in [2.24, 2.45) is 5.41 Å². The van der Waals surface area contributed by atoms with Gasteiger partial charge in [-0.25, -0.2) is 0 Å². The lowest BCUT2D eigenvalue weighted by Crippen LogP contribution is -2.48. The molecule has 0 bridgehead atoms. The molecule has 2 rings (SSSR count). The standard InChI is InChI=1S/C11H13NO3S/c1-7-3-6-16-8(7)12-9(13)11(10(14)15)4-2-5-11/h3,6H,2,4-5H2,1H3,(H,12,13)(H,14,15). The first-order valence-electron chi connectivity index (χ1n) is 5.15. The molecule has 1 amide bonds. The maximum absolute atomic E-state index is 11.9. The fourth-order valence-corrected chi connectivity index (χ4v) is 2.61. The van der Waals surface area contributed by atoms with Crippen molar-refractivity contribution >= 4 is 28.2 Å². The van der Waals surface area contributed by atoms with E-state index in [9.17, 15) is 9.59 Å². The Balaban J connectivity index is 2.14. The third kappa shape index (κ3) is 1.61. The first-order valence-corrected chi connectivity index (χ1v) is 6.03. The number of carbonyl (C=O) groups excluding carboxylic acids is 1. The molecule has 86 valence electrons. The molecule has 2 N–H and O–H groups in total. The van der Waals surface area contributed by atoms with Gasteiger partial charge in [0.1, 0.15) is 5.41 Å². The van der Waals surface area contributed by atoms with E-state index < -0.39 is 11.4 Å². The van der Waals surface area contributed by atoms with Crippen molar-refractivity contribution in [2.45, 2.75) is 26.2 Å². The third-order valence-electron chi connectivity index (χ3n) is 3.14. The van der Waals surface area contributed by atoms with Crippen LogP contribution in [0.3, 0.4) is 0 Å². The van der Waals surface area contributed by atoms with Gasteiger partial charge in [-0.1, -0.05) is 6.42 Å². The first kappa shape index (κ1) is 11.1. The highest BCUT2D eigenvalue weighted by Crippen LogP contribution is 2.42. The number of nitrogens with one attached hydrogen (secondary N) is 1. The summed E-state index contributed by atoms with van der Waals surface area (Å²) in [4.78, 5) is 23.0. The number of hydrogen-bond donors (Lipinski definition) is 2. The van der Waals surface area contributed by atoms with Crippen molar-refractivity contribution < 1.29 is 14.7 Å². The maximum atomic E-state index is 11.9. The molecule has 0 saturated heterocycles. The van der Waals surface area contributed by atoms with Crippen molar-refractivity contribution in [3.8, 4) is 0 Å². The molecular formula is C11H13NO3S. The van der Waals surface area contributed by atoms with Crippen LogP contribution in [0.1, 0.15) is 24.8 Å². The minimum atomic E-state index is -1.18. The molecule has 0 radical (unpaired) electrons. The molecule has 0 atom stereocenters. The Hall–Kier alpha value is -1.36. The van der Waals surface area contributed by atoms with E-state index in [1.165, 1.54) is 11.3 Å². The van der Waals surface area contributed by atoms with Gasteiger partial charge >= 0.3 is 5.97 Å². The summed E-state index contributed by atoms with van der Waals surface area (Å²) in [6.45, 7) is 1.89. The molecule has 16 heavy (non-hydrogen) atoms. The predicted molar refractivity (Wildman–Crippen MR) is 61.6 cm³/mol. The van der Waals surface area contributed by atoms with Crippen LogP contribution >= 0.6 is 11.3 Å². The van der Waals surface area contributed by atoms with Gasteiger partial charge in [0, 0.05) is 0 Å². The van der Waals surface area contributed by atoms with Gasteiger partial charge < -0.3 is 10.4 Å². The van der Waals surface area contributed by atoms with Crippen molar-refractivity contribution in [1.29, 1.82) is 0 Å². The summed E-state index contributed by atoms with van der Waals surface area (Å²) in [5.41, 5.74) is -0.214. The normalized spacial score (nSPS) is 17.6. The highest BCUT2D eigenvalue weighted by atomic mass is 32.1. The van der Waals surface area contributed by atoms with Gasteiger partial charge in [0.2, 0.25) is 5.91 Å². The molecule has 0 aromatic carbocycles. The lowest BCUT2D eigenvalue weighted by atomic mass is 9.68. The second-order valence-electron chi connectivity index (χ2n) is 4.13. The summed E-state index contributed by atoms with van der Waals surface area (Å²) < 4.78 is 0. The summed E-state index contributed by atoms with van der Waals surface area (Å²) in [6.07, 6.45) is 1.69. The average Bonchev–Trinajstić information content (AvgIpc) is 2.48. The van der Waals surface area contributed by atoms with Gasteiger partial charge in [0.15, 0.2) is 0 Å². The molecule has 1 aliphatic rings. The molecule has 1 fully saturated rings. The molecule has 5 heteroatoms. The summed E-state index contributed by atoms with van der Waals surface area (Å²) in [6, 6.07) is 1.90. The van der Waals surface area contributed by atoms with Gasteiger partial charge in [-0.05, 0) is 36.8 Å². The molecular weight excluding hydrogens is 226 g/mol. The van der Waals surface area contributed by atoms with Crippen LogP contribution in [0.25, 0.3) is 0 Å². The highest BCUT2D eigenvalue weighted by Gasteiger charge is 2.51. The number of thiophene rings is 1. The van der Waals surface area contributed by atoms with Crippen LogP contribution in [-0.4, -0.2) is 17.0 Å². The summed E-state index contributed by atoms with van der Waals surface area (Å²) in [7, 11) is 0. The summed E-state index contributed by atoms with van der Waals surface area (Å²) in [5, 5.41) is 14.4. The molecule has 1 aliphatic carbocycles. The number of aliphatic carboxylic acids is 1. The van der Waals surface area contributed by atoms with E-state index in [4.69, 9.17) is 5.11 Å². The van der Waals surface area contributed by atoms with Crippen LogP contribution in [0.15, 0.2) is 11.4 Å². The van der Waals surface area contributed by atoms with Crippen molar-refractivity contribution in [3.05, 3.63) is 17.0 Å². The molecule has 4 nitrogen and oxygen atoms in total. The number of anilines is 1. The lowest BCUT2D eigenvalue weighted by Gasteiger charge is -2.35. The average molecular weight is 239 g/mol. The molecule has 0 unspecified atom stereocenters. The molecule has 1 aromatic rings. The van der Waals surface area contributed by atoms with Gasteiger partial charge in [-0.3, -0.25) is 9.59 Å². The van der Waals surface area contributed by atoms with E-state index in [-0.39, 0.29) is 5.91 Å². The van der Waals surface area contributed by atoms with Crippen LogP contribution in [0.2, 0.25) is 0 Å². The summed E-state index contributed by atoms with van der Waals surface area (Å²) >= 11 is 1.42. The Morgan fingerprint density at radius 1 is 1.50 bits per heavy atom. The predicted octanol–water partition coefficient (Wildman–Crippen LogP) is 2.25. The number of hydrogen-bond acceptors (Lipinski definition) is 3. The van der Waals surface area contributed by atoms with Crippen LogP contribution in [0, 0.1) is 12.3 Å². The third-order valence-corrected chi connectivity index (χ3v) is 4.07. The minimum absolute atomic E-state index is 0.378. The molecule has 1 heterocycles. The Morgan fingerprint density at radius 2 is 2.19 bits per heavy atom. The van der Waals surface area contributed by atoms with E-state index in [2.05, 4.69) is 5.32 Å². The van der Waals surface area contributed by atoms with Crippen LogP contribution in [0.5, 0.6) is 0 Å². The second kappa shape index (κ2) is 3.90. The van der Waals surface area contributed by atoms with E-state index >= 15 is 0 Å². The van der Waals surface area contributed by atoms with Crippen molar-refractivity contribution in [3.63, 3.8) is 0 Å². The molecule has 1 aromatic heterocycles. The fourth-order valence-electron chi connectivity index (χ4n) is 1.79. The quantitative estimate of drug-likeness (QED) is 0.795. The maximum Gasteiger partial charge on any atom is 0.319 e. The van der Waals surface area contributed by atoms with Crippen LogP contribution in [-0.2, 0) is 9.59 Å². The lowest BCUT2D eigenvalue weighted by molar-refractivity contribution is -0.159. The van der Waals surface area contributed by atoms with Gasteiger partial charge in [-0.15, -0.1) is 11.3 Å². The first-order chi connectivity index (χ1) is 7.56. The van der Waals surface area contributed by atoms with Crippen LogP contribution in [0.4, 0.5) is 5.00 Å². The Kier molecular flexibility index (Phi) is 2.71.